The number of rotatable bonds is 5. The minimum Gasteiger partial charge on any atom is -0.350 e. The molecule has 0 unspecified atom stereocenters. The minimum atomic E-state index is -0.527. The van der Waals surface area contributed by atoms with Crippen LogP contribution in [-0.2, 0) is 11.3 Å². The van der Waals surface area contributed by atoms with Crippen molar-refractivity contribution < 1.29 is 9.59 Å². The summed E-state index contributed by atoms with van der Waals surface area (Å²) in [6, 6.07) is 11.9. The SMILES string of the molecule is O=C(CNC(=O)c1ccc(=O)[nH]n1)NCc1ccccc1. The van der Waals surface area contributed by atoms with Crippen molar-refractivity contribution in [1.29, 1.82) is 0 Å². The number of nitrogens with zero attached hydrogens (tertiary/aromatic N) is 1. The Kier molecular flexibility index (Phi) is 4.81. The maximum Gasteiger partial charge on any atom is 0.272 e. The molecule has 0 saturated carbocycles. The zero-order chi connectivity index (χ0) is 15.1. The highest BCUT2D eigenvalue weighted by atomic mass is 16.2. The summed E-state index contributed by atoms with van der Waals surface area (Å²) < 4.78 is 0. The lowest BCUT2D eigenvalue weighted by molar-refractivity contribution is -0.120. The monoisotopic (exact) mass is 286 g/mol. The first-order valence-corrected chi connectivity index (χ1v) is 6.30. The number of carbonyl (C=O) groups excluding carboxylic acids is 2. The van der Waals surface area contributed by atoms with Gasteiger partial charge in [0.25, 0.3) is 11.5 Å². The molecule has 7 nitrogen and oxygen atoms in total. The largest absolute Gasteiger partial charge is 0.350 e. The molecule has 1 aromatic carbocycles. The van der Waals surface area contributed by atoms with Crippen LogP contribution in [0.5, 0.6) is 0 Å². The van der Waals surface area contributed by atoms with Gasteiger partial charge < -0.3 is 10.6 Å². The third-order valence-corrected chi connectivity index (χ3v) is 2.65. The van der Waals surface area contributed by atoms with Gasteiger partial charge in [-0.15, -0.1) is 0 Å². The molecule has 0 aliphatic heterocycles. The van der Waals surface area contributed by atoms with Crippen LogP contribution in [0.1, 0.15) is 16.1 Å². The number of hydrogen-bond acceptors (Lipinski definition) is 4. The van der Waals surface area contributed by atoms with Gasteiger partial charge in [-0.25, -0.2) is 5.10 Å². The molecule has 0 aliphatic carbocycles. The summed E-state index contributed by atoms with van der Waals surface area (Å²) in [5.41, 5.74) is 0.622. The number of aromatic nitrogens is 2. The second-order valence-corrected chi connectivity index (χ2v) is 4.25. The molecule has 0 aliphatic rings. The summed E-state index contributed by atoms with van der Waals surface area (Å²) in [6.07, 6.45) is 0. The van der Waals surface area contributed by atoms with Crippen LogP contribution in [0.4, 0.5) is 0 Å². The first-order valence-electron chi connectivity index (χ1n) is 6.30. The van der Waals surface area contributed by atoms with E-state index in [9.17, 15) is 14.4 Å². The highest BCUT2D eigenvalue weighted by molar-refractivity contribution is 5.94. The fraction of sp³-hybridized carbons (Fsp3) is 0.143. The Balaban J connectivity index is 1.77. The van der Waals surface area contributed by atoms with Gasteiger partial charge >= 0.3 is 0 Å². The molecule has 0 radical (unpaired) electrons. The molecule has 0 spiro atoms. The normalized spacial score (nSPS) is 9.90. The highest BCUT2D eigenvalue weighted by Crippen LogP contribution is 1.96. The van der Waals surface area contributed by atoms with Crippen molar-refractivity contribution in [2.75, 3.05) is 6.54 Å². The number of amides is 2. The van der Waals surface area contributed by atoms with Crippen molar-refractivity contribution in [2.24, 2.45) is 0 Å². The smallest absolute Gasteiger partial charge is 0.272 e. The third kappa shape index (κ3) is 4.57. The summed E-state index contributed by atoms with van der Waals surface area (Å²) in [5.74, 6) is -0.835. The van der Waals surface area contributed by atoms with Crippen LogP contribution in [0.2, 0.25) is 0 Å². The fourth-order valence-electron chi connectivity index (χ4n) is 1.58. The van der Waals surface area contributed by atoms with E-state index in [0.29, 0.717) is 6.54 Å². The van der Waals surface area contributed by atoms with E-state index in [4.69, 9.17) is 0 Å². The van der Waals surface area contributed by atoms with Gasteiger partial charge in [-0.2, -0.15) is 5.10 Å². The molecule has 2 rings (SSSR count). The zero-order valence-electron chi connectivity index (χ0n) is 11.1. The molecule has 1 heterocycles. The zero-order valence-corrected chi connectivity index (χ0v) is 11.1. The van der Waals surface area contributed by atoms with Gasteiger partial charge in [0.1, 0.15) is 5.69 Å². The molecule has 1 aromatic heterocycles. The summed E-state index contributed by atoms with van der Waals surface area (Å²) in [4.78, 5) is 34.1. The van der Waals surface area contributed by atoms with E-state index in [1.165, 1.54) is 12.1 Å². The average Bonchev–Trinajstić information content (AvgIpc) is 2.52. The van der Waals surface area contributed by atoms with Crippen molar-refractivity contribution >= 4 is 11.8 Å². The van der Waals surface area contributed by atoms with Crippen molar-refractivity contribution in [3.63, 3.8) is 0 Å². The molecule has 0 atom stereocenters. The van der Waals surface area contributed by atoms with Crippen LogP contribution >= 0.6 is 0 Å². The van der Waals surface area contributed by atoms with Crippen LogP contribution < -0.4 is 16.2 Å². The Morgan fingerprint density at radius 3 is 2.48 bits per heavy atom. The molecule has 21 heavy (non-hydrogen) atoms. The summed E-state index contributed by atoms with van der Waals surface area (Å²) >= 11 is 0. The second kappa shape index (κ2) is 6.99. The van der Waals surface area contributed by atoms with E-state index in [1.807, 2.05) is 30.3 Å². The lowest BCUT2D eigenvalue weighted by atomic mass is 10.2. The Morgan fingerprint density at radius 1 is 1.05 bits per heavy atom. The predicted octanol–water partition coefficient (Wildman–Crippen LogP) is -0.184. The standard InChI is InChI=1S/C14H14N4O3/c19-12-7-6-11(17-18-12)14(21)16-9-13(20)15-8-10-4-2-1-3-5-10/h1-7H,8-9H2,(H,15,20)(H,16,21)(H,18,19). The lowest BCUT2D eigenvalue weighted by Crippen LogP contribution is -2.37. The Morgan fingerprint density at radius 2 is 1.81 bits per heavy atom. The average molecular weight is 286 g/mol. The fourth-order valence-corrected chi connectivity index (χ4v) is 1.58. The highest BCUT2D eigenvalue weighted by Gasteiger charge is 2.09. The third-order valence-electron chi connectivity index (χ3n) is 2.65. The van der Waals surface area contributed by atoms with Crippen molar-refractivity contribution in [3.8, 4) is 0 Å². The first-order chi connectivity index (χ1) is 10.1. The summed E-state index contributed by atoms with van der Waals surface area (Å²) in [6.45, 7) is 0.235. The lowest BCUT2D eigenvalue weighted by Gasteiger charge is -2.06. The summed E-state index contributed by atoms with van der Waals surface area (Å²) in [7, 11) is 0. The quantitative estimate of drug-likeness (QED) is 0.709. The van der Waals surface area contributed by atoms with Gasteiger partial charge in [0.15, 0.2) is 0 Å². The van der Waals surface area contributed by atoms with Crippen LogP contribution in [0.15, 0.2) is 47.3 Å². The van der Waals surface area contributed by atoms with Crippen molar-refractivity contribution in [2.45, 2.75) is 6.54 Å². The minimum absolute atomic E-state index is 0.0467. The predicted molar refractivity (Wildman–Crippen MR) is 75.5 cm³/mol. The van der Waals surface area contributed by atoms with Gasteiger partial charge in [0, 0.05) is 12.6 Å². The van der Waals surface area contributed by atoms with Gasteiger partial charge in [-0.3, -0.25) is 14.4 Å². The van der Waals surface area contributed by atoms with Crippen LogP contribution in [0, 0.1) is 0 Å². The number of carbonyl (C=O) groups is 2. The Hall–Kier alpha value is -2.96. The Labute approximate surface area is 120 Å². The summed E-state index contributed by atoms with van der Waals surface area (Å²) in [5, 5.41) is 10.8. The number of aromatic amines is 1. The number of benzene rings is 1. The molecule has 7 heteroatoms. The Bertz CT molecular complexity index is 662. The van der Waals surface area contributed by atoms with Crippen molar-refractivity contribution in [3.05, 3.63) is 64.1 Å². The molecule has 2 aromatic rings. The van der Waals surface area contributed by atoms with E-state index in [1.54, 1.807) is 0 Å². The van der Waals surface area contributed by atoms with Gasteiger partial charge in [0.05, 0.1) is 6.54 Å². The number of nitrogens with one attached hydrogen (secondary N) is 3. The molecule has 3 N–H and O–H groups in total. The topological polar surface area (TPSA) is 104 Å². The van der Waals surface area contributed by atoms with Crippen LogP contribution in [0.25, 0.3) is 0 Å². The molecular formula is C14H14N4O3. The maximum atomic E-state index is 11.7. The van der Waals surface area contributed by atoms with Gasteiger partial charge in [-0.05, 0) is 11.6 Å². The maximum absolute atomic E-state index is 11.7. The molecule has 2 amide bonds. The van der Waals surface area contributed by atoms with E-state index < -0.39 is 11.5 Å². The van der Waals surface area contributed by atoms with Crippen LogP contribution in [-0.4, -0.2) is 28.6 Å². The number of hydrogen-bond donors (Lipinski definition) is 3. The number of H-pyrrole nitrogens is 1. The molecule has 0 bridgehead atoms. The van der Waals surface area contributed by atoms with Gasteiger partial charge in [-0.1, -0.05) is 30.3 Å². The molecular weight excluding hydrogens is 272 g/mol. The van der Waals surface area contributed by atoms with Gasteiger partial charge in [0.2, 0.25) is 5.91 Å². The molecule has 0 saturated heterocycles. The van der Waals surface area contributed by atoms with E-state index in [-0.39, 0.29) is 18.1 Å². The van der Waals surface area contributed by atoms with E-state index in [2.05, 4.69) is 20.8 Å². The van der Waals surface area contributed by atoms with Crippen molar-refractivity contribution in [1.82, 2.24) is 20.8 Å². The molecule has 0 fully saturated rings. The second-order valence-electron chi connectivity index (χ2n) is 4.25. The first kappa shape index (κ1) is 14.4. The van der Waals surface area contributed by atoms with E-state index >= 15 is 0 Å². The van der Waals surface area contributed by atoms with Crippen LogP contribution in [0.3, 0.4) is 0 Å². The van der Waals surface area contributed by atoms with E-state index in [0.717, 1.165) is 5.56 Å². The molecule has 108 valence electrons.